The number of hydrogen-bond donors (Lipinski definition) is 3. The lowest BCUT2D eigenvalue weighted by Gasteiger charge is -2.24. The number of hydrogen-bond acceptors (Lipinski definition) is 3. The molecule has 3 N–H and O–H groups in total. The fourth-order valence-corrected chi connectivity index (χ4v) is 2.26. The number of nitrogens with one attached hydrogen (secondary N) is 2. The Kier molecular flexibility index (Phi) is 7.98. The van der Waals surface area contributed by atoms with Gasteiger partial charge in [0.25, 0.3) is 0 Å². The summed E-state index contributed by atoms with van der Waals surface area (Å²) in [5.74, 6) is 0.431. The molecule has 0 amide bonds. The van der Waals surface area contributed by atoms with Crippen molar-refractivity contribution in [3.05, 3.63) is 29.6 Å². The average molecular weight is 339 g/mol. The number of aliphatic imine (C=N–C) groups is 1. The van der Waals surface area contributed by atoms with Gasteiger partial charge in [0, 0.05) is 6.54 Å². The third-order valence-electron chi connectivity index (χ3n) is 4.22. The Labute approximate surface area is 144 Å². The summed E-state index contributed by atoms with van der Waals surface area (Å²) in [6.07, 6.45) is 1.29. The number of rotatable bonds is 8. The molecule has 1 atom stereocenters. The summed E-state index contributed by atoms with van der Waals surface area (Å²) in [6, 6.07) is 4.74. The van der Waals surface area contributed by atoms with Crippen LogP contribution in [-0.2, 0) is 0 Å². The van der Waals surface area contributed by atoms with Crippen LogP contribution in [0.2, 0.25) is 0 Å². The number of halogens is 1. The van der Waals surface area contributed by atoms with Crippen molar-refractivity contribution in [2.45, 2.75) is 52.2 Å². The van der Waals surface area contributed by atoms with Crippen molar-refractivity contribution in [2.24, 2.45) is 4.99 Å². The molecular formula is C18H30FN3O2. The Bertz CT molecular complexity index is 545. The highest BCUT2D eigenvalue weighted by Crippen LogP contribution is 2.21. The van der Waals surface area contributed by atoms with Gasteiger partial charge in [0.05, 0.1) is 25.3 Å². The van der Waals surface area contributed by atoms with Gasteiger partial charge < -0.3 is 20.5 Å². The van der Waals surface area contributed by atoms with E-state index in [9.17, 15) is 9.50 Å². The van der Waals surface area contributed by atoms with Crippen molar-refractivity contribution in [1.29, 1.82) is 0 Å². The Morgan fingerprint density at radius 1 is 1.33 bits per heavy atom. The van der Waals surface area contributed by atoms with E-state index in [1.807, 2.05) is 33.8 Å². The van der Waals surface area contributed by atoms with Crippen LogP contribution in [0.5, 0.6) is 5.75 Å². The molecule has 0 radical (unpaired) electrons. The van der Waals surface area contributed by atoms with Crippen LogP contribution in [0.3, 0.4) is 0 Å². The maximum absolute atomic E-state index is 13.9. The van der Waals surface area contributed by atoms with Gasteiger partial charge in [-0.25, -0.2) is 4.39 Å². The predicted molar refractivity (Wildman–Crippen MR) is 96.0 cm³/mol. The van der Waals surface area contributed by atoms with Crippen molar-refractivity contribution >= 4 is 5.96 Å². The van der Waals surface area contributed by atoms with E-state index in [2.05, 4.69) is 15.6 Å². The summed E-state index contributed by atoms with van der Waals surface area (Å²) in [4.78, 5) is 4.47. The van der Waals surface area contributed by atoms with Gasteiger partial charge in [-0.2, -0.15) is 0 Å². The lowest BCUT2D eigenvalue weighted by molar-refractivity contribution is 0.0418. The van der Waals surface area contributed by atoms with E-state index in [1.54, 1.807) is 6.07 Å². The summed E-state index contributed by atoms with van der Waals surface area (Å²) in [5.41, 5.74) is -0.00203. The topological polar surface area (TPSA) is 65.9 Å². The molecular weight excluding hydrogens is 309 g/mol. The van der Waals surface area contributed by atoms with Gasteiger partial charge in [-0.05, 0) is 44.4 Å². The van der Waals surface area contributed by atoms with Crippen molar-refractivity contribution < 1.29 is 14.2 Å². The Balaban J connectivity index is 2.85. The van der Waals surface area contributed by atoms with Crippen LogP contribution < -0.4 is 15.4 Å². The Morgan fingerprint density at radius 2 is 2.00 bits per heavy atom. The van der Waals surface area contributed by atoms with Crippen LogP contribution in [0.25, 0.3) is 0 Å². The number of methoxy groups -OCH3 is 1. The molecule has 1 unspecified atom stereocenters. The summed E-state index contributed by atoms with van der Waals surface area (Å²) < 4.78 is 18.8. The molecule has 0 aliphatic heterocycles. The standard InChI is InChI=1S/C18H30FN3O2/c1-6-18(23,7-2)12-21-17(20-8-3)22-13(4)14-9-10-16(24-5)15(19)11-14/h9-11,13,23H,6-8,12H2,1-5H3,(H2,20,21,22). The van der Waals surface area contributed by atoms with E-state index < -0.39 is 11.4 Å². The third-order valence-corrected chi connectivity index (χ3v) is 4.22. The molecule has 1 aromatic rings. The number of ether oxygens (including phenoxy) is 1. The minimum absolute atomic E-state index is 0.139. The Hall–Kier alpha value is -1.82. The number of benzene rings is 1. The van der Waals surface area contributed by atoms with Gasteiger partial charge in [0.2, 0.25) is 0 Å². The number of aliphatic hydroxyl groups is 1. The second-order valence-corrected chi connectivity index (χ2v) is 5.89. The van der Waals surface area contributed by atoms with Gasteiger partial charge in [-0.3, -0.25) is 4.99 Å². The highest BCUT2D eigenvalue weighted by Gasteiger charge is 2.22. The van der Waals surface area contributed by atoms with Gasteiger partial charge in [-0.1, -0.05) is 19.9 Å². The monoisotopic (exact) mass is 339 g/mol. The molecule has 0 aliphatic carbocycles. The fourth-order valence-electron chi connectivity index (χ4n) is 2.26. The van der Waals surface area contributed by atoms with Crippen molar-refractivity contribution in [2.75, 3.05) is 20.2 Å². The zero-order chi connectivity index (χ0) is 18.2. The second kappa shape index (κ2) is 9.47. The molecule has 1 rings (SSSR count). The molecule has 1 aromatic carbocycles. The van der Waals surface area contributed by atoms with Gasteiger partial charge in [0.1, 0.15) is 0 Å². The van der Waals surface area contributed by atoms with Gasteiger partial charge in [0.15, 0.2) is 17.5 Å². The summed E-state index contributed by atoms with van der Waals surface area (Å²) in [7, 11) is 1.44. The van der Waals surface area contributed by atoms with Crippen LogP contribution in [0.1, 0.15) is 52.1 Å². The second-order valence-electron chi connectivity index (χ2n) is 5.89. The molecule has 6 heteroatoms. The van der Waals surface area contributed by atoms with E-state index in [0.717, 1.165) is 5.56 Å². The maximum Gasteiger partial charge on any atom is 0.191 e. The molecule has 0 fully saturated rings. The van der Waals surface area contributed by atoms with Gasteiger partial charge >= 0.3 is 0 Å². The number of guanidine groups is 1. The first-order valence-corrected chi connectivity index (χ1v) is 8.49. The number of nitrogens with zero attached hydrogens (tertiary/aromatic N) is 1. The first kappa shape index (κ1) is 20.2. The van der Waals surface area contributed by atoms with Crippen molar-refractivity contribution in [3.63, 3.8) is 0 Å². The van der Waals surface area contributed by atoms with Crippen LogP contribution in [-0.4, -0.2) is 36.9 Å². The van der Waals surface area contributed by atoms with Crippen LogP contribution in [0.15, 0.2) is 23.2 Å². The molecule has 0 aliphatic rings. The smallest absolute Gasteiger partial charge is 0.191 e. The normalized spacial score (nSPS) is 13.5. The fraction of sp³-hybridized carbons (Fsp3) is 0.611. The van der Waals surface area contributed by atoms with Crippen molar-refractivity contribution in [3.8, 4) is 5.75 Å². The molecule has 0 saturated carbocycles. The van der Waals surface area contributed by atoms with Crippen LogP contribution >= 0.6 is 0 Å². The zero-order valence-electron chi connectivity index (χ0n) is 15.3. The van der Waals surface area contributed by atoms with E-state index >= 15 is 0 Å². The summed E-state index contributed by atoms with van der Waals surface area (Å²) >= 11 is 0. The van der Waals surface area contributed by atoms with Crippen molar-refractivity contribution in [1.82, 2.24) is 10.6 Å². The first-order valence-electron chi connectivity index (χ1n) is 8.49. The largest absolute Gasteiger partial charge is 0.494 e. The van der Waals surface area contributed by atoms with E-state index in [0.29, 0.717) is 31.9 Å². The molecule has 0 heterocycles. The lowest BCUT2D eigenvalue weighted by atomic mass is 9.98. The maximum atomic E-state index is 13.9. The minimum atomic E-state index is -0.794. The first-order chi connectivity index (χ1) is 11.4. The van der Waals surface area contributed by atoms with Crippen LogP contribution in [0, 0.1) is 5.82 Å². The quantitative estimate of drug-likeness (QED) is 0.503. The minimum Gasteiger partial charge on any atom is -0.494 e. The van der Waals surface area contributed by atoms with E-state index in [-0.39, 0.29) is 11.8 Å². The SMILES string of the molecule is CCNC(=NCC(O)(CC)CC)NC(C)c1ccc(OC)c(F)c1. The summed E-state index contributed by atoms with van der Waals surface area (Å²) in [6.45, 7) is 8.82. The Morgan fingerprint density at radius 3 is 2.50 bits per heavy atom. The predicted octanol–water partition coefficient (Wildman–Crippen LogP) is 3.00. The molecule has 24 heavy (non-hydrogen) atoms. The van der Waals surface area contributed by atoms with E-state index in [1.165, 1.54) is 13.2 Å². The van der Waals surface area contributed by atoms with E-state index in [4.69, 9.17) is 4.74 Å². The molecule has 5 nitrogen and oxygen atoms in total. The highest BCUT2D eigenvalue weighted by molar-refractivity contribution is 5.80. The van der Waals surface area contributed by atoms with Crippen LogP contribution in [0.4, 0.5) is 4.39 Å². The summed E-state index contributed by atoms with van der Waals surface area (Å²) in [5, 5.41) is 16.8. The molecule has 0 spiro atoms. The third kappa shape index (κ3) is 5.67. The highest BCUT2D eigenvalue weighted by atomic mass is 19.1. The van der Waals surface area contributed by atoms with Gasteiger partial charge in [-0.15, -0.1) is 0 Å². The lowest BCUT2D eigenvalue weighted by Crippen LogP contribution is -2.40. The molecule has 136 valence electrons. The molecule has 0 saturated heterocycles. The zero-order valence-corrected chi connectivity index (χ0v) is 15.3. The molecule has 0 bridgehead atoms. The average Bonchev–Trinajstić information content (AvgIpc) is 2.59. The molecule has 0 aromatic heterocycles.